The lowest BCUT2D eigenvalue weighted by Crippen LogP contribution is -2.42. The van der Waals surface area contributed by atoms with Crippen molar-refractivity contribution in [2.24, 2.45) is 5.41 Å². The van der Waals surface area contributed by atoms with Gasteiger partial charge in [0.1, 0.15) is 5.75 Å². The molecule has 0 atom stereocenters. The Hall–Kier alpha value is -2.43. The number of aliphatic hydroxyl groups excluding tert-OH is 1. The molecule has 4 heteroatoms. The van der Waals surface area contributed by atoms with Crippen molar-refractivity contribution in [2.75, 3.05) is 33.4 Å². The van der Waals surface area contributed by atoms with Gasteiger partial charge in [-0.2, -0.15) is 0 Å². The van der Waals surface area contributed by atoms with Crippen LogP contribution in [0, 0.1) is 12.3 Å². The van der Waals surface area contributed by atoms with Gasteiger partial charge in [-0.05, 0) is 112 Å². The molecule has 0 bridgehead atoms. The van der Waals surface area contributed by atoms with Crippen molar-refractivity contribution in [3.05, 3.63) is 71.4 Å². The minimum absolute atomic E-state index is 0.0738. The number of nitrogens with zero attached hydrogens (tertiary/aromatic N) is 2. The number of aryl methyl sites for hydroxylation is 3. The average molecular weight is 447 g/mol. The topological polar surface area (TPSA) is 45.6 Å². The standard InChI is InChI=1S/C29H38N2O2/c1-23-21-30-28-13-12-25(33-2)20-27(28)26(23)11-6-14-29(22-32)15-18-31(19-16-29)17-7-10-24-8-4-3-5-9-24/h3-5,8-9,12-13,20-21,32H,6-7,10-11,14-19,22H2,1-2H3. The third-order valence-electron chi connectivity index (χ3n) is 7.57. The van der Waals surface area contributed by atoms with Gasteiger partial charge in [0, 0.05) is 18.2 Å². The van der Waals surface area contributed by atoms with Gasteiger partial charge in [0.05, 0.1) is 12.6 Å². The van der Waals surface area contributed by atoms with E-state index in [4.69, 9.17) is 4.74 Å². The summed E-state index contributed by atoms with van der Waals surface area (Å²) in [4.78, 5) is 7.18. The van der Waals surface area contributed by atoms with Gasteiger partial charge >= 0.3 is 0 Å². The number of hydrogen-bond donors (Lipinski definition) is 1. The highest BCUT2D eigenvalue weighted by molar-refractivity contribution is 5.84. The molecule has 1 N–H and O–H groups in total. The largest absolute Gasteiger partial charge is 0.497 e. The van der Waals surface area contributed by atoms with Crippen LogP contribution in [-0.4, -0.2) is 48.3 Å². The van der Waals surface area contributed by atoms with Crippen LogP contribution in [0.15, 0.2) is 54.7 Å². The minimum atomic E-state index is 0.0738. The van der Waals surface area contributed by atoms with E-state index in [9.17, 15) is 5.11 Å². The second-order valence-electron chi connectivity index (χ2n) is 9.75. The van der Waals surface area contributed by atoms with E-state index in [0.717, 1.165) is 69.4 Å². The molecule has 0 unspecified atom stereocenters. The van der Waals surface area contributed by atoms with E-state index < -0.39 is 0 Å². The van der Waals surface area contributed by atoms with Crippen LogP contribution in [-0.2, 0) is 12.8 Å². The number of aromatic nitrogens is 1. The van der Waals surface area contributed by atoms with Gasteiger partial charge in [-0.15, -0.1) is 0 Å². The van der Waals surface area contributed by atoms with Gasteiger partial charge in [-0.1, -0.05) is 30.3 Å². The van der Waals surface area contributed by atoms with Crippen LogP contribution in [0.4, 0.5) is 0 Å². The van der Waals surface area contributed by atoms with Crippen LogP contribution < -0.4 is 4.74 Å². The maximum absolute atomic E-state index is 10.3. The number of rotatable bonds is 10. The number of methoxy groups -OCH3 is 1. The molecule has 176 valence electrons. The summed E-state index contributed by atoms with van der Waals surface area (Å²) in [5, 5.41) is 11.5. The Bertz CT molecular complexity index is 1030. The first-order valence-corrected chi connectivity index (χ1v) is 12.4. The third kappa shape index (κ3) is 5.93. The van der Waals surface area contributed by atoms with Gasteiger partial charge in [0.2, 0.25) is 0 Å². The number of fused-ring (bicyclic) bond motifs is 1. The van der Waals surface area contributed by atoms with E-state index in [-0.39, 0.29) is 5.41 Å². The van der Waals surface area contributed by atoms with Crippen molar-refractivity contribution in [2.45, 2.75) is 51.9 Å². The van der Waals surface area contributed by atoms with Crippen LogP contribution in [0.1, 0.15) is 48.8 Å². The first kappa shape index (κ1) is 23.7. The number of likely N-dealkylation sites (tertiary alicyclic amines) is 1. The molecule has 1 aliphatic rings. The predicted molar refractivity (Wildman–Crippen MR) is 136 cm³/mol. The summed E-state index contributed by atoms with van der Waals surface area (Å²) in [5.41, 5.74) is 5.13. The fourth-order valence-electron chi connectivity index (χ4n) is 5.31. The molecule has 0 saturated carbocycles. The molecule has 0 radical (unpaired) electrons. The van der Waals surface area contributed by atoms with E-state index in [1.54, 1.807) is 7.11 Å². The molecule has 33 heavy (non-hydrogen) atoms. The lowest BCUT2D eigenvalue weighted by Gasteiger charge is -2.41. The van der Waals surface area contributed by atoms with E-state index in [2.05, 4.69) is 53.2 Å². The highest BCUT2D eigenvalue weighted by Crippen LogP contribution is 2.37. The smallest absolute Gasteiger partial charge is 0.119 e. The molecule has 4 nitrogen and oxygen atoms in total. The SMILES string of the molecule is COc1ccc2ncc(C)c(CCCC3(CO)CCN(CCCc4ccccc4)CC3)c2c1. The predicted octanol–water partition coefficient (Wildman–Crippen LogP) is 5.58. The molecule has 1 aromatic heterocycles. The molecule has 3 aromatic rings. The molecular formula is C29H38N2O2. The van der Waals surface area contributed by atoms with Crippen LogP contribution in [0.2, 0.25) is 0 Å². The van der Waals surface area contributed by atoms with Gasteiger partial charge < -0.3 is 14.7 Å². The molecule has 1 fully saturated rings. The van der Waals surface area contributed by atoms with Gasteiger partial charge in [0.15, 0.2) is 0 Å². The Morgan fingerprint density at radius 1 is 1.03 bits per heavy atom. The Labute approximate surface area is 198 Å². The van der Waals surface area contributed by atoms with Crippen LogP contribution in [0.25, 0.3) is 10.9 Å². The van der Waals surface area contributed by atoms with Gasteiger partial charge in [-0.25, -0.2) is 0 Å². The summed E-state index contributed by atoms with van der Waals surface area (Å²) < 4.78 is 5.45. The van der Waals surface area contributed by atoms with Crippen LogP contribution >= 0.6 is 0 Å². The second-order valence-corrected chi connectivity index (χ2v) is 9.75. The number of aliphatic hydroxyl groups is 1. The quantitative estimate of drug-likeness (QED) is 0.441. The summed E-state index contributed by atoms with van der Waals surface area (Å²) in [6, 6.07) is 16.9. The van der Waals surface area contributed by atoms with Crippen molar-refractivity contribution in [3.63, 3.8) is 0 Å². The fourth-order valence-corrected chi connectivity index (χ4v) is 5.31. The highest BCUT2D eigenvalue weighted by atomic mass is 16.5. The van der Waals surface area contributed by atoms with Crippen molar-refractivity contribution >= 4 is 10.9 Å². The Kier molecular flexibility index (Phi) is 8.00. The number of benzene rings is 2. The first-order chi connectivity index (χ1) is 16.1. The Morgan fingerprint density at radius 2 is 1.82 bits per heavy atom. The normalized spacial score (nSPS) is 16.2. The van der Waals surface area contributed by atoms with Crippen molar-refractivity contribution < 1.29 is 9.84 Å². The summed E-state index contributed by atoms with van der Waals surface area (Å²) >= 11 is 0. The monoisotopic (exact) mass is 446 g/mol. The molecular weight excluding hydrogens is 408 g/mol. The number of ether oxygens (including phenoxy) is 1. The summed E-state index contributed by atoms with van der Waals surface area (Å²) in [7, 11) is 1.71. The second kappa shape index (κ2) is 11.1. The maximum atomic E-state index is 10.3. The molecule has 1 aliphatic heterocycles. The van der Waals surface area contributed by atoms with Gasteiger partial charge in [0.25, 0.3) is 0 Å². The lowest BCUT2D eigenvalue weighted by atomic mass is 9.75. The first-order valence-electron chi connectivity index (χ1n) is 12.4. The number of hydrogen-bond acceptors (Lipinski definition) is 4. The molecule has 4 rings (SSSR count). The summed E-state index contributed by atoms with van der Waals surface area (Å²) in [6.07, 6.45) is 9.71. The summed E-state index contributed by atoms with van der Waals surface area (Å²) in [6.45, 7) is 5.81. The van der Waals surface area contributed by atoms with Crippen LogP contribution in [0.3, 0.4) is 0 Å². The number of pyridine rings is 1. The number of piperidine rings is 1. The molecule has 2 aromatic carbocycles. The van der Waals surface area contributed by atoms with E-state index >= 15 is 0 Å². The Morgan fingerprint density at radius 3 is 2.55 bits per heavy atom. The van der Waals surface area contributed by atoms with Crippen molar-refractivity contribution in [1.29, 1.82) is 0 Å². The van der Waals surface area contributed by atoms with E-state index in [1.165, 1.54) is 28.5 Å². The zero-order chi connectivity index (χ0) is 23.1. The van der Waals surface area contributed by atoms with Crippen LogP contribution in [0.5, 0.6) is 5.75 Å². The molecule has 1 saturated heterocycles. The molecule has 0 spiro atoms. The molecule has 2 heterocycles. The minimum Gasteiger partial charge on any atom is -0.497 e. The van der Waals surface area contributed by atoms with Crippen molar-refractivity contribution in [3.8, 4) is 5.75 Å². The molecule has 0 aliphatic carbocycles. The Balaban J connectivity index is 1.30. The highest BCUT2D eigenvalue weighted by Gasteiger charge is 2.33. The zero-order valence-electron chi connectivity index (χ0n) is 20.2. The zero-order valence-corrected chi connectivity index (χ0v) is 20.2. The average Bonchev–Trinajstić information content (AvgIpc) is 2.86. The third-order valence-corrected chi connectivity index (χ3v) is 7.57. The summed E-state index contributed by atoms with van der Waals surface area (Å²) in [5.74, 6) is 0.877. The van der Waals surface area contributed by atoms with Crippen molar-refractivity contribution in [1.82, 2.24) is 9.88 Å². The van der Waals surface area contributed by atoms with E-state index in [0.29, 0.717) is 6.61 Å². The van der Waals surface area contributed by atoms with E-state index in [1.807, 2.05) is 18.3 Å². The maximum Gasteiger partial charge on any atom is 0.119 e. The van der Waals surface area contributed by atoms with Gasteiger partial charge in [-0.3, -0.25) is 4.98 Å². The lowest BCUT2D eigenvalue weighted by molar-refractivity contribution is 0.0353. The fraction of sp³-hybridized carbons (Fsp3) is 0.483. The molecule has 0 amide bonds.